The van der Waals surface area contributed by atoms with Crippen molar-refractivity contribution in [3.63, 3.8) is 0 Å². The third-order valence-corrected chi connectivity index (χ3v) is 6.00. The maximum Gasteiger partial charge on any atom is 0.258 e. The van der Waals surface area contributed by atoms with Crippen LogP contribution in [0.25, 0.3) is 0 Å². The predicted molar refractivity (Wildman–Crippen MR) is 120 cm³/mol. The molecule has 0 fully saturated rings. The van der Waals surface area contributed by atoms with Crippen LogP contribution in [0.15, 0.2) is 72.8 Å². The molecule has 2 nitrogen and oxygen atoms in total. The van der Waals surface area contributed by atoms with E-state index in [1.807, 2.05) is 29.2 Å². The Balaban J connectivity index is 1.81. The lowest BCUT2D eigenvalue weighted by molar-refractivity contribution is 0.0974. The zero-order valence-electron chi connectivity index (χ0n) is 15.5. The molecule has 1 aliphatic rings. The van der Waals surface area contributed by atoms with E-state index in [4.69, 9.17) is 0 Å². The number of aryl methyl sites for hydroxylation is 1. The third-order valence-electron chi connectivity index (χ3n) is 5.33. The van der Waals surface area contributed by atoms with E-state index in [0.717, 1.165) is 21.2 Å². The van der Waals surface area contributed by atoms with E-state index < -0.39 is 0 Å². The number of carbonyl (C=O) groups is 1. The number of amides is 1. The molecule has 0 radical (unpaired) electrons. The van der Waals surface area contributed by atoms with Gasteiger partial charge in [-0.1, -0.05) is 54.1 Å². The molecule has 1 amide bonds. The molecule has 1 heterocycles. The summed E-state index contributed by atoms with van der Waals surface area (Å²) in [5.41, 5.74) is 5.58. The van der Waals surface area contributed by atoms with Gasteiger partial charge in [0.1, 0.15) is 0 Å². The highest BCUT2D eigenvalue weighted by Gasteiger charge is 2.34. The molecule has 4 rings (SSSR count). The van der Waals surface area contributed by atoms with E-state index in [1.54, 1.807) is 0 Å². The Morgan fingerprint density at radius 3 is 2.52 bits per heavy atom. The molecule has 0 saturated carbocycles. The van der Waals surface area contributed by atoms with E-state index in [0.29, 0.717) is 5.92 Å². The lowest BCUT2D eigenvalue weighted by Gasteiger charge is -2.40. The van der Waals surface area contributed by atoms with E-state index in [-0.39, 0.29) is 11.9 Å². The van der Waals surface area contributed by atoms with Crippen molar-refractivity contribution in [2.75, 3.05) is 4.90 Å². The van der Waals surface area contributed by atoms with Crippen LogP contribution in [0.2, 0.25) is 0 Å². The Bertz CT molecular complexity index is 983. The fourth-order valence-corrected chi connectivity index (χ4v) is 4.60. The van der Waals surface area contributed by atoms with Crippen LogP contribution in [0.3, 0.4) is 0 Å². The second-order valence-corrected chi connectivity index (χ2v) is 8.54. The summed E-state index contributed by atoms with van der Waals surface area (Å²) in [6.07, 6.45) is 0.927. The fourth-order valence-electron chi connectivity index (χ4n) is 4.05. The standard InChI is InChI=1S/C24H22INO/c1-16-11-12-23-22(13-16)21(18-7-4-3-5-8-18)14-17(2)26(23)24(27)19-9-6-10-20(25)15-19/h3-13,15,17,21H,14H2,1-2H3/t17-,21+/m1/s1. The molecule has 3 aromatic rings. The molecule has 0 N–H and O–H groups in total. The SMILES string of the molecule is Cc1ccc2c(c1)[C@H](c1ccccc1)C[C@@H](C)N2C(=O)c1cccc(I)c1. The van der Waals surface area contributed by atoms with Gasteiger partial charge in [0.05, 0.1) is 0 Å². The van der Waals surface area contributed by atoms with Crippen molar-refractivity contribution >= 4 is 34.2 Å². The summed E-state index contributed by atoms with van der Waals surface area (Å²) < 4.78 is 1.08. The van der Waals surface area contributed by atoms with Gasteiger partial charge in [0, 0.05) is 26.8 Å². The van der Waals surface area contributed by atoms with Crippen LogP contribution in [-0.2, 0) is 0 Å². The van der Waals surface area contributed by atoms with Gasteiger partial charge in [0.15, 0.2) is 0 Å². The van der Waals surface area contributed by atoms with Gasteiger partial charge in [-0.3, -0.25) is 4.79 Å². The van der Waals surface area contributed by atoms with Crippen molar-refractivity contribution in [1.29, 1.82) is 0 Å². The van der Waals surface area contributed by atoms with Crippen LogP contribution in [0.4, 0.5) is 5.69 Å². The molecule has 27 heavy (non-hydrogen) atoms. The molecule has 136 valence electrons. The number of carbonyl (C=O) groups excluding carboxylic acids is 1. The smallest absolute Gasteiger partial charge is 0.258 e. The number of anilines is 1. The van der Waals surface area contributed by atoms with Crippen LogP contribution in [-0.4, -0.2) is 11.9 Å². The van der Waals surface area contributed by atoms with Gasteiger partial charge >= 0.3 is 0 Å². The molecule has 1 aliphatic heterocycles. The van der Waals surface area contributed by atoms with Gasteiger partial charge in [-0.2, -0.15) is 0 Å². The normalized spacial score (nSPS) is 18.9. The Labute approximate surface area is 174 Å². The fraction of sp³-hybridized carbons (Fsp3) is 0.208. The van der Waals surface area contributed by atoms with Crippen LogP contribution in [0.5, 0.6) is 0 Å². The number of hydrogen-bond donors (Lipinski definition) is 0. The third kappa shape index (κ3) is 3.53. The summed E-state index contributed by atoms with van der Waals surface area (Å²) in [5, 5.41) is 0. The van der Waals surface area contributed by atoms with Crippen LogP contribution in [0, 0.1) is 10.5 Å². The molecule has 0 bridgehead atoms. The number of benzene rings is 3. The van der Waals surface area contributed by atoms with Gasteiger partial charge in [-0.15, -0.1) is 0 Å². The minimum Gasteiger partial charge on any atom is -0.305 e. The average molecular weight is 467 g/mol. The molecular weight excluding hydrogens is 445 g/mol. The second-order valence-electron chi connectivity index (χ2n) is 7.30. The zero-order chi connectivity index (χ0) is 19.0. The Hall–Kier alpha value is -2.14. The first-order valence-corrected chi connectivity index (χ1v) is 10.4. The van der Waals surface area contributed by atoms with Crippen molar-refractivity contribution in [1.82, 2.24) is 0 Å². The van der Waals surface area contributed by atoms with Crippen molar-refractivity contribution in [3.05, 3.63) is 98.6 Å². The first kappa shape index (κ1) is 18.2. The summed E-state index contributed by atoms with van der Waals surface area (Å²) in [6.45, 7) is 4.27. The summed E-state index contributed by atoms with van der Waals surface area (Å²) in [5.74, 6) is 0.397. The molecule has 0 aromatic heterocycles. The lowest BCUT2D eigenvalue weighted by Crippen LogP contribution is -2.43. The molecule has 0 spiro atoms. The van der Waals surface area contributed by atoms with E-state index in [2.05, 4.69) is 85.0 Å². The molecule has 0 aliphatic carbocycles. The lowest BCUT2D eigenvalue weighted by atomic mass is 9.80. The maximum absolute atomic E-state index is 13.4. The Kier molecular flexibility index (Phi) is 5.04. The maximum atomic E-state index is 13.4. The molecule has 3 aromatic carbocycles. The van der Waals surface area contributed by atoms with Gasteiger partial charge in [0.25, 0.3) is 5.91 Å². The number of rotatable bonds is 2. The highest BCUT2D eigenvalue weighted by Crippen LogP contribution is 2.43. The topological polar surface area (TPSA) is 20.3 Å². The molecule has 0 saturated heterocycles. The average Bonchev–Trinajstić information content (AvgIpc) is 2.68. The first-order valence-electron chi connectivity index (χ1n) is 9.29. The van der Waals surface area contributed by atoms with Crippen molar-refractivity contribution < 1.29 is 4.79 Å². The molecule has 0 unspecified atom stereocenters. The highest BCUT2D eigenvalue weighted by molar-refractivity contribution is 14.1. The number of fused-ring (bicyclic) bond motifs is 1. The largest absolute Gasteiger partial charge is 0.305 e. The van der Waals surface area contributed by atoms with Crippen LogP contribution < -0.4 is 4.90 Å². The Morgan fingerprint density at radius 2 is 1.78 bits per heavy atom. The number of halogens is 1. The predicted octanol–water partition coefficient (Wildman–Crippen LogP) is 6.17. The summed E-state index contributed by atoms with van der Waals surface area (Å²) in [4.78, 5) is 15.4. The minimum atomic E-state index is 0.0811. The van der Waals surface area contributed by atoms with E-state index in [9.17, 15) is 4.79 Å². The monoisotopic (exact) mass is 467 g/mol. The summed E-state index contributed by atoms with van der Waals surface area (Å²) >= 11 is 2.26. The van der Waals surface area contributed by atoms with Gasteiger partial charge in [-0.05, 0) is 78.3 Å². The van der Waals surface area contributed by atoms with Crippen molar-refractivity contribution in [3.8, 4) is 0 Å². The van der Waals surface area contributed by atoms with Crippen molar-refractivity contribution in [2.24, 2.45) is 0 Å². The van der Waals surface area contributed by atoms with Gasteiger partial charge in [-0.25, -0.2) is 0 Å². The number of hydrogen-bond acceptors (Lipinski definition) is 1. The first-order chi connectivity index (χ1) is 13.0. The quantitative estimate of drug-likeness (QED) is 0.413. The second kappa shape index (κ2) is 7.47. The Morgan fingerprint density at radius 1 is 1.00 bits per heavy atom. The molecular formula is C24H22INO. The van der Waals surface area contributed by atoms with Crippen LogP contribution >= 0.6 is 22.6 Å². The minimum absolute atomic E-state index is 0.0811. The van der Waals surface area contributed by atoms with Crippen LogP contribution in [0.1, 0.15) is 46.3 Å². The zero-order valence-corrected chi connectivity index (χ0v) is 17.7. The molecule has 2 atom stereocenters. The van der Waals surface area contributed by atoms with Gasteiger partial charge in [0.2, 0.25) is 0 Å². The van der Waals surface area contributed by atoms with E-state index >= 15 is 0 Å². The van der Waals surface area contributed by atoms with Gasteiger partial charge < -0.3 is 4.90 Å². The van der Waals surface area contributed by atoms with E-state index in [1.165, 1.54) is 16.7 Å². The summed E-state index contributed by atoms with van der Waals surface area (Å²) in [6, 6.07) is 25.1. The number of nitrogens with zero attached hydrogens (tertiary/aromatic N) is 1. The molecule has 3 heteroatoms. The van der Waals surface area contributed by atoms with Crippen molar-refractivity contribution in [2.45, 2.75) is 32.2 Å². The highest BCUT2D eigenvalue weighted by atomic mass is 127. The summed E-state index contributed by atoms with van der Waals surface area (Å²) in [7, 11) is 0.